The number of fused-ring (bicyclic) bond motifs is 1. The van der Waals surface area contributed by atoms with Crippen molar-refractivity contribution in [3.63, 3.8) is 0 Å². The largest absolute Gasteiger partial charge is 0.383 e. The molecule has 0 bridgehead atoms. The van der Waals surface area contributed by atoms with Crippen molar-refractivity contribution in [3.8, 4) is 0 Å². The minimum Gasteiger partial charge on any atom is -0.383 e. The predicted octanol–water partition coefficient (Wildman–Crippen LogP) is 4.13. The molecule has 0 saturated heterocycles. The lowest BCUT2D eigenvalue weighted by Gasteiger charge is -2.29. The fourth-order valence-corrected chi connectivity index (χ4v) is 3.68. The third kappa shape index (κ3) is 2.28. The number of hydrogen-bond donors (Lipinski definition) is 1. The maximum Gasteiger partial charge on any atom is 0.139 e. The van der Waals surface area contributed by atoms with Gasteiger partial charge in [0.2, 0.25) is 0 Å². The lowest BCUT2D eigenvalue weighted by atomic mass is 9.78. The van der Waals surface area contributed by atoms with E-state index >= 15 is 0 Å². The maximum atomic E-state index is 14.4. The van der Waals surface area contributed by atoms with Crippen LogP contribution in [0.3, 0.4) is 0 Å². The summed E-state index contributed by atoms with van der Waals surface area (Å²) < 4.78 is 28.5. The zero-order valence-corrected chi connectivity index (χ0v) is 14.5. The van der Waals surface area contributed by atoms with Gasteiger partial charge in [0.25, 0.3) is 0 Å². The Morgan fingerprint density at radius 2 is 1.68 bits per heavy atom. The number of aliphatic imine (C=N–C) groups is 1. The van der Waals surface area contributed by atoms with Gasteiger partial charge in [-0.3, -0.25) is 4.98 Å². The first-order valence-corrected chi connectivity index (χ1v) is 8.34. The van der Waals surface area contributed by atoms with Crippen molar-refractivity contribution in [2.45, 2.75) is 5.54 Å². The van der Waals surface area contributed by atoms with Gasteiger partial charge in [-0.15, -0.1) is 0 Å². The number of pyridine rings is 1. The Balaban J connectivity index is 2.10. The highest BCUT2D eigenvalue weighted by Gasteiger charge is 2.44. The lowest BCUT2D eigenvalue weighted by molar-refractivity contribution is 0.607. The van der Waals surface area contributed by atoms with Crippen molar-refractivity contribution < 1.29 is 8.78 Å². The van der Waals surface area contributed by atoms with E-state index in [0.29, 0.717) is 15.6 Å². The molecule has 6 heteroatoms. The van der Waals surface area contributed by atoms with Crippen LogP contribution in [0, 0.1) is 11.6 Å². The second-order valence-electron chi connectivity index (χ2n) is 5.73. The third-order valence-electron chi connectivity index (χ3n) is 4.38. The number of amidine groups is 1. The molecule has 0 saturated carbocycles. The zero-order valence-electron chi connectivity index (χ0n) is 12.9. The summed E-state index contributed by atoms with van der Waals surface area (Å²) in [6, 6.07) is 13.0. The van der Waals surface area contributed by atoms with E-state index in [1.165, 1.54) is 12.1 Å². The molecule has 4 rings (SSSR count). The van der Waals surface area contributed by atoms with E-state index in [1.807, 2.05) is 0 Å². The zero-order chi connectivity index (χ0) is 17.6. The van der Waals surface area contributed by atoms with Crippen LogP contribution in [-0.2, 0) is 5.54 Å². The smallest absolute Gasteiger partial charge is 0.139 e. The van der Waals surface area contributed by atoms with E-state index in [9.17, 15) is 8.78 Å². The molecule has 0 radical (unpaired) electrons. The summed E-state index contributed by atoms with van der Waals surface area (Å²) >= 11 is 3.22. The molecule has 1 aliphatic rings. The summed E-state index contributed by atoms with van der Waals surface area (Å²) in [6.45, 7) is 0. The second-order valence-corrected chi connectivity index (χ2v) is 6.59. The molecule has 1 aliphatic heterocycles. The molecule has 0 amide bonds. The van der Waals surface area contributed by atoms with E-state index in [-0.39, 0.29) is 17.2 Å². The molecule has 0 spiro atoms. The monoisotopic (exact) mass is 399 g/mol. The molecule has 0 fully saturated rings. The number of halogens is 3. The van der Waals surface area contributed by atoms with Gasteiger partial charge in [0, 0.05) is 18.0 Å². The summed E-state index contributed by atoms with van der Waals surface area (Å²) in [4.78, 5) is 8.69. The van der Waals surface area contributed by atoms with Crippen molar-refractivity contribution >= 4 is 21.8 Å². The fourth-order valence-electron chi connectivity index (χ4n) is 3.30. The molecular formula is C19H12BrF2N3. The SMILES string of the molecule is NC1=NC(c2ccncc2)(c2ccc(F)c(Br)c2)c2cccc(F)c21. The molecule has 1 unspecified atom stereocenters. The normalized spacial score (nSPS) is 18.8. The maximum absolute atomic E-state index is 14.4. The van der Waals surface area contributed by atoms with Gasteiger partial charge in [0.1, 0.15) is 23.0 Å². The van der Waals surface area contributed by atoms with Gasteiger partial charge in [-0.05, 0) is 57.4 Å². The van der Waals surface area contributed by atoms with Gasteiger partial charge in [-0.2, -0.15) is 0 Å². The molecule has 25 heavy (non-hydrogen) atoms. The van der Waals surface area contributed by atoms with Gasteiger partial charge in [-0.1, -0.05) is 18.2 Å². The summed E-state index contributed by atoms with van der Waals surface area (Å²) in [5.74, 6) is -0.704. The van der Waals surface area contributed by atoms with Crippen LogP contribution in [0.15, 0.2) is 70.4 Å². The summed E-state index contributed by atoms with van der Waals surface area (Å²) in [7, 11) is 0. The van der Waals surface area contributed by atoms with Crippen molar-refractivity contribution in [2.75, 3.05) is 0 Å². The summed E-state index contributed by atoms with van der Waals surface area (Å²) in [6.07, 6.45) is 3.28. The first-order chi connectivity index (χ1) is 12.0. The van der Waals surface area contributed by atoms with Gasteiger partial charge in [0.05, 0.1) is 10.0 Å². The van der Waals surface area contributed by atoms with Crippen molar-refractivity contribution in [2.24, 2.45) is 10.7 Å². The highest BCUT2D eigenvalue weighted by atomic mass is 79.9. The van der Waals surface area contributed by atoms with Gasteiger partial charge >= 0.3 is 0 Å². The van der Waals surface area contributed by atoms with E-state index in [2.05, 4.69) is 25.9 Å². The Morgan fingerprint density at radius 1 is 0.920 bits per heavy atom. The number of benzene rings is 2. The molecule has 2 heterocycles. The lowest BCUT2D eigenvalue weighted by Crippen LogP contribution is -2.25. The first kappa shape index (κ1) is 15.9. The Morgan fingerprint density at radius 3 is 2.40 bits per heavy atom. The highest BCUT2D eigenvalue weighted by molar-refractivity contribution is 9.10. The van der Waals surface area contributed by atoms with Crippen LogP contribution in [0.4, 0.5) is 8.78 Å². The van der Waals surface area contributed by atoms with Crippen molar-refractivity contribution in [1.82, 2.24) is 4.98 Å². The molecule has 2 N–H and O–H groups in total. The van der Waals surface area contributed by atoms with Crippen LogP contribution < -0.4 is 5.73 Å². The Hall–Kier alpha value is -2.60. The van der Waals surface area contributed by atoms with Crippen LogP contribution in [-0.4, -0.2) is 10.8 Å². The average molecular weight is 400 g/mol. The van der Waals surface area contributed by atoms with E-state index in [4.69, 9.17) is 5.73 Å². The number of nitrogens with zero attached hydrogens (tertiary/aromatic N) is 2. The quantitative estimate of drug-likeness (QED) is 0.703. The molecular weight excluding hydrogens is 388 g/mol. The first-order valence-electron chi connectivity index (χ1n) is 7.55. The molecule has 1 atom stereocenters. The highest BCUT2D eigenvalue weighted by Crippen LogP contribution is 2.46. The molecule has 2 aromatic carbocycles. The minimum atomic E-state index is -1.05. The molecule has 3 aromatic rings. The van der Waals surface area contributed by atoms with E-state index in [0.717, 1.165) is 5.56 Å². The topological polar surface area (TPSA) is 51.3 Å². The number of hydrogen-bond acceptors (Lipinski definition) is 3. The predicted molar refractivity (Wildman–Crippen MR) is 95.3 cm³/mol. The Bertz CT molecular complexity index is 1000. The van der Waals surface area contributed by atoms with Crippen LogP contribution in [0.2, 0.25) is 0 Å². The fraction of sp³-hybridized carbons (Fsp3) is 0.0526. The van der Waals surface area contributed by atoms with Crippen LogP contribution in [0.1, 0.15) is 22.3 Å². The van der Waals surface area contributed by atoms with Crippen molar-refractivity contribution in [3.05, 3.63) is 99.3 Å². The number of nitrogens with two attached hydrogens (primary N) is 1. The van der Waals surface area contributed by atoms with Gasteiger partial charge in [-0.25, -0.2) is 13.8 Å². The third-order valence-corrected chi connectivity index (χ3v) is 4.99. The van der Waals surface area contributed by atoms with Gasteiger partial charge in [0.15, 0.2) is 0 Å². The standard InChI is InChI=1S/C19H12BrF2N3/c20-14-10-12(4-5-15(14)21)19(11-6-8-24-9-7-11)13-2-1-3-16(22)17(13)18(23)25-19/h1-10H,(H2,23,25). The van der Waals surface area contributed by atoms with E-state index in [1.54, 1.807) is 48.8 Å². The number of aromatic nitrogens is 1. The van der Waals surface area contributed by atoms with E-state index < -0.39 is 11.4 Å². The second kappa shape index (κ2) is 5.74. The number of rotatable bonds is 2. The van der Waals surface area contributed by atoms with Crippen LogP contribution >= 0.6 is 15.9 Å². The molecule has 124 valence electrons. The molecule has 3 nitrogen and oxygen atoms in total. The van der Waals surface area contributed by atoms with Crippen molar-refractivity contribution in [1.29, 1.82) is 0 Å². The molecule has 0 aliphatic carbocycles. The van der Waals surface area contributed by atoms with Crippen LogP contribution in [0.25, 0.3) is 0 Å². The average Bonchev–Trinajstić information content (AvgIpc) is 2.93. The minimum absolute atomic E-state index is 0.116. The molecule has 1 aromatic heterocycles. The Labute approximate surface area is 151 Å². The van der Waals surface area contributed by atoms with Gasteiger partial charge < -0.3 is 5.73 Å². The Kier molecular flexibility index (Phi) is 3.65. The summed E-state index contributed by atoms with van der Waals surface area (Å²) in [5, 5.41) is 0. The summed E-state index contributed by atoms with van der Waals surface area (Å²) in [5.41, 5.74) is 7.37. The van der Waals surface area contributed by atoms with Crippen LogP contribution in [0.5, 0.6) is 0 Å².